The highest BCUT2D eigenvalue weighted by molar-refractivity contribution is 6.33. The Labute approximate surface area is 93.5 Å². The molecule has 0 saturated carbocycles. The maximum absolute atomic E-state index is 5.97. The number of halogens is 1. The van der Waals surface area contributed by atoms with Crippen LogP contribution in [0.15, 0.2) is 18.5 Å². The van der Waals surface area contributed by atoms with Crippen molar-refractivity contribution in [1.82, 2.24) is 15.0 Å². The summed E-state index contributed by atoms with van der Waals surface area (Å²) in [7, 11) is 0. The topological polar surface area (TPSA) is 38.7 Å². The van der Waals surface area contributed by atoms with Crippen molar-refractivity contribution in [2.75, 3.05) is 0 Å². The van der Waals surface area contributed by atoms with Crippen LogP contribution in [0.2, 0.25) is 5.15 Å². The zero-order valence-electron chi connectivity index (χ0n) is 8.95. The normalized spacial score (nSPS) is 12.0. The Hall–Kier alpha value is -1.22. The van der Waals surface area contributed by atoms with E-state index < -0.39 is 0 Å². The second kappa shape index (κ2) is 3.42. The van der Waals surface area contributed by atoms with Crippen LogP contribution in [0.1, 0.15) is 26.5 Å². The van der Waals surface area contributed by atoms with Gasteiger partial charge >= 0.3 is 0 Å². The number of pyridine rings is 1. The quantitative estimate of drug-likeness (QED) is 0.642. The van der Waals surface area contributed by atoms with E-state index in [1.54, 1.807) is 0 Å². The molecule has 2 aromatic rings. The number of hydrogen-bond donors (Lipinski definition) is 0. The molecule has 0 aromatic carbocycles. The van der Waals surface area contributed by atoms with Crippen molar-refractivity contribution in [3.05, 3.63) is 29.3 Å². The second-order valence-electron chi connectivity index (χ2n) is 4.48. The van der Waals surface area contributed by atoms with Crippen LogP contribution in [-0.2, 0) is 5.41 Å². The summed E-state index contributed by atoms with van der Waals surface area (Å²) in [5.74, 6) is 0. The van der Waals surface area contributed by atoms with Crippen molar-refractivity contribution < 1.29 is 0 Å². The summed E-state index contributed by atoms with van der Waals surface area (Å²) in [5.41, 5.74) is 2.45. The maximum Gasteiger partial charge on any atom is 0.158 e. The molecular weight excluding hydrogens is 210 g/mol. The molecule has 0 radical (unpaired) electrons. The van der Waals surface area contributed by atoms with Gasteiger partial charge in [0.05, 0.1) is 5.52 Å². The van der Waals surface area contributed by atoms with Gasteiger partial charge in [-0.25, -0.2) is 15.0 Å². The zero-order chi connectivity index (χ0) is 11.1. The first-order valence-corrected chi connectivity index (χ1v) is 5.14. The van der Waals surface area contributed by atoms with Crippen LogP contribution >= 0.6 is 11.6 Å². The molecule has 0 fully saturated rings. The Bertz CT molecular complexity index is 503. The third-order valence-electron chi connectivity index (χ3n) is 2.21. The summed E-state index contributed by atoms with van der Waals surface area (Å²) < 4.78 is 0. The van der Waals surface area contributed by atoms with Crippen LogP contribution in [-0.4, -0.2) is 15.0 Å². The molecule has 0 saturated heterocycles. The van der Waals surface area contributed by atoms with Gasteiger partial charge in [-0.05, 0) is 12.1 Å². The lowest BCUT2D eigenvalue weighted by Crippen LogP contribution is -2.13. The molecule has 4 heteroatoms. The highest BCUT2D eigenvalue weighted by Gasteiger charge is 2.16. The molecule has 0 bridgehead atoms. The number of aromatic nitrogens is 3. The molecule has 0 aliphatic rings. The van der Waals surface area contributed by atoms with Crippen LogP contribution in [0.25, 0.3) is 11.0 Å². The van der Waals surface area contributed by atoms with E-state index >= 15 is 0 Å². The smallest absolute Gasteiger partial charge is 0.158 e. The fraction of sp³-hybridized carbons (Fsp3) is 0.364. The van der Waals surface area contributed by atoms with Crippen molar-refractivity contribution in [3.63, 3.8) is 0 Å². The minimum atomic E-state index is 0.00730. The molecular formula is C11H12ClN3. The van der Waals surface area contributed by atoms with Gasteiger partial charge in [0.25, 0.3) is 0 Å². The average Bonchev–Trinajstić information content (AvgIpc) is 2.16. The van der Waals surface area contributed by atoms with Gasteiger partial charge in [-0.2, -0.15) is 0 Å². The maximum atomic E-state index is 5.97. The van der Waals surface area contributed by atoms with E-state index in [4.69, 9.17) is 11.6 Å². The number of rotatable bonds is 0. The third kappa shape index (κ3) is 1.92. The third-order valence-corrected chi connectivity index (χ3v) is 2.48. The van der Waals surface area contributed by atoms with E-state index in [0.29, 0.717) is 10.7 Å². The minimum Gasteiger partial charge on any atom is -0.247 e. The molecule has 2 rings (SSSR count). The van der Waals surface area contributed by atoms with Gasteiger partial charge in [-0.3, -0.25) is 0 Å². The number of nitrogens with zero attached hydrogens (tertiary/aromatic N) is 3. The lowest BCUT2D eigenvalue weighted by atomic mass is 9.91. The molecule has 2 heterocycles. The molecule has 0 aliphatic heterocycles. The Morgan fingerprint density at radius 2 is 1.87 bits per heavy atom. The Morgan fingerprint density at radius 3 is 2.53 bits per heavy atom. The summed E-state index contributed by atoms with van der Waals surface area (Å²) in [6, 6.07) is 3.90. The Morgan fingerprint density at radius 1 is 1.13 bits per heavy atom. The first-order valence-electron chi connectivity index (χ1n) is 4.76. The van der Waals surface area contributed by atoms with Crippen molar-refractivity contribution in [3.8, 4) is 0 Å². The van der Waals surface area contributed by atoms with E-state index in [1.807, 2.05) is 12.1 Å². The van der Waals surface area contributed by atoms with Crippen molar-refractivity contribution in [2.45, 2.75) is 26.2 Å². The highest BCUT2D eigenvalue weighted by Crippen LogP contribution is 2.24. The predicted molar refractivity (Wildman–Crippen MR) is 61.0 cm³/mol. The van der Waals surface area contributed by atoms with Gasteiger partial charge < -0.3 is 0 Å². The summed E-state index contributed by atoms with van der Waals surface area (Å²) in [4.78, 5) is 12.5. The Balaban J connectivity index is 2.70. The number of fused-ring (bicyclic) bond motifs is 1. The van der Waals surface area contributed by atoms with Crippen LogP contribution in [0.3, 0.4) is 0 Å². The first kappa shape index (κ1) is 10.3. The van der Waals surface area contributed by atoms with E-state index in [0.717, 1.165) is 11.2 Å². The summed E-state index contributed by atoms with van der Waals surface area (Å²) >= 11 is 5.97. The summed E-state index contributed by atoms with van der Waals surface area (Å²) in [6.07, 6.45) is 1.45. The molecule has 0 spiro atoms. The van der Waals surface area contributed by atoms with E-state index in [9.17, 15) is 0 Å². The van der Waals surface area contributed by atoms with E-state index in [-0.39, 0.29) is 5.41 Å². The van der Waals surface area contributed by atoms with Crippen LogP contribution in [0.5, 0.6) is 0 Å². The molecule has 15 heavy (non-hydrogen) atoms. The van der Waals surface area contributed by atoms with E-state index in [1.165, 1.54) is 6.33 Å². The standard InChI is InChI=1S/C11H12ClN3/c1-11(2,3)8-5-4-7-9(15-8)10(12)14-6-13-7/h4-6H,1-3H3. The number of hydrogen-bond acceptors (Lipinski definition) is 3. The SMILES string of the molecule is CC(C)(C)c1ccc2ncnc(Cl)c2n1. The Kier molecular flexibility index (Phi) is 2.35. The molecule has 3 nitrogen and oxygen atoms in total. The zero-order valence-corrected chi connectivity index (χ0v) is 9.71. The first-order chi connectivity index (χ1) is 6.98. The largest absolute Gasteiger partial charge is 0.247 e. The minimum absolute atomic E-state index is 0.00730. The van der Waals surface area contributed by atoms with Gasteiger partial charge in [0, 0.05) is 11.1 Å². The summed E-state index contributed by atoms with van der Waals surface area (Å²) in [6.45, 7) is 6.33. The fourth-order valence-electron chi connectivity index (χ4n) is 1.33. The lowest BCUT2D eigenvalue weighted by molar-refractivity contribution is 0.571. The lowest BCUT2D eigenvalue weighted by Gasteiger charge is -2.17. The predicted octanol–water partition coefficient (Wildman–Crippen LogP) is 2.98. The fourth-order valence-corrected chi connectivity index (χ4v) is 1.51. The van der Waals surface area contributed by atoms with Crippen molar-refractivity contribution >= 4 is 22.6 Å². The van der Waals surface area contributed by atoms with Crippen molar-refractivity contribution in [2.24, 2.45) is 0 Å². The highest BCUT2D eigenvalue weighted by atomic mass is 35.5. The van der Waals surface area contributed by atoms with E-state index in [2.05, 4.69) is 35.7 Å². The van der Waals surface area contributed by atoms with Gasteiger partial charge in [-0.15, -0.1) is 0 Å². The summed E-state index contributed by atoms with van der Waals surface area (Å²) in [5, 5.41) is 0.408. The molecule has 0 unspecified atom stereocenters. The molecule has 0 atom stereocenters. The van der Waals surface area contributed by atoms with Crippen LogP contribution < -0.4 is 0 Å². The van der Waals surface area contributed by atoms with Gasteiger partial charge in [-0.1, -0.05) is 32.4 Å². The van der Waals surface area contributed by atoms with Crippen LogP contribution in [0, 0.1) is 0 Å². The molecule has 2 aromatic heterocycles. The van der Waals surface area contributed by atoms with Crippen LogP contribution in [0.4, 0.5) is 0 Å². The van der Waals surface area contributed by atoms with Gasteiger partial charge in [0.2, 0.25) is 0 Å². The van der Waals surface area contributed by atoms with Crippen molar-refractivity contribution in [1.29, 1.82) is 0 Å². The second-order valence-corrected chi connectivity index (χ2v) is 4.84. The van der Waals surface area contributed by atoms with Gasteiger partial charge in [0.1, 0.15) is 11.8 Å². The molecule has 78 valence electrons. The molecule has 0 amide bonds. The molecule has 0 N–H and O–H groups in total. The monoisotopic (exact) mass is 221 g/mol. The average molecular weight is 222 g/mol. The van der Waals surface area contributed by atoms with Gasteiger partial charge in [0.15, 0.2) is 5.15 Å². The molecule has 0 aliphatic carbocycles.